The predicted octanol–water partition coefficient (Wildman–Crippen LogP) is 3.18. The number of hydrogen-bond donors (Lipinski definition) is 4. The Hall–Kier alpha value is -2.51. The Kier molecular flexibility index (Phi) is 7.76. The lowest BCUT2D eigenvalue weighted by Crippen LogP contribution is -2.47. The molecule has 3 rings (SSSR count). The summed E-state index contributed by atoms with van der Waals surface area (Å²) in [5.74, 6) is 0.760. The summed E-state index contributed by atoms with van der Waals surface area (Å²) >= 11 is 0. The van der Waals surface area contributed by atoms with E-state index in [0.717, 1.165) is 43.0 Å². The van der Waals surface area contributed by atoms with Gasteiger partial charge in [0.2, 0.25) is 0 Å². The van der Waals surface area contributed by atoms with Crippen LogP contribution in [0.15, 0.2) is 35.3 Å². The molecular formula is C23H34N5O2+. The molecule has 162 valence electrons. The molecule has 1 aromatic heterocycles. The normalized spacial score (nSPS) is 20.8. The van der Waals surface area contributed by atoms with Crippen LogP contribution in [0.1, 0.15) is 57.9 Å². The largest absolute Gasteiger partial charge is 0.578 e. The van der Waals surface area contributed by atoms with Gasteiger partial charge in [0.25, 0.3) is 0 Å². The molecule has 0 radical (unpaired) electrons. The highest BCUT2D eigenvalue weighted by Gasteiger charge is 2.25. The molecular weight excluding hydrogens is 378 g/mol. The third kappa shape index (κ3) is 5.77. The van der Waals surface area contributed by atoms with E-state index in [1.165, 1.54) is 6.42 Å². The zero-order valence-corrected chi connectivity index (χ0v) is 17.9. The van der Waals surface area contributed by atoms with Crippen LogP contribution < -0.4 is 10.6 Å². The number of pyridine rings is 1. The van der Waals surface area contributed by atoms with Gasteiger partial charge in [0.15, 0.2) is 0 Å². The fourth-order valence-electron chi connectivity index (χ4n) is 4.04. The van der Waals surface area contributed by atoms with Crippen molar-refractivity contribution in [1.29, 1.82) is 5.41 Å². The Balaban J connectivity index is 1.71. The van der Waals surface area contributed by atoms with Crippen molar-refractivity contribution in [3.05, 3.63) is 35.9 Å². The van der Waals surface area contributed by atoms with Gasteiger partial charge in [-0.1, -0.05) is 38.0 Å². The molecule has 6 N–H and O–H groups in total. The number of rotatable bonds is 8. The number of aliphatic hydroxyl groups excluding tert-OH is 1. The van der Waals surface area contributed by atoms with Gasteiger partial charge in [-0.15, -0.1) is 0 Å². The zero-order valence-electron chi connectivity index (χ0n) is 17.9. The van der Waals surface area contributed by atoms with Crippen LogP contribution in [0, 0.1) is 5.41 Å². The third-order valence-corrected chi connectivity index (χ3v) is 5.72. The van der Waals surface area contributed by atoms with Crippen molar-refractivity contribution < 1.29 is 10.2 Å². The number of nitrogens with one attached hydrogen (secondary N) is 3. The van der Waals surface area contributed by atoms with Gasteiger partial charge in [0, 0.05) is 24.0 Å². The van der Waals surface area contributed by atoms with Gasteiger partial charge in [0.1, 0.15) is 17.2 Å². The lowest BCUT2D eigenvalue weighted by molar-refractivity contribution is 0.0840. The standard InChI is InChI=1S/C23H33N5O2/c1-3-17(27-20-10-6-7-11-21(20)29)12-13-25-22-18(23(30)26-15(2)24)14-16-8-4-5-9-19(16)28-22/h4-5,8-9,14,17,20-21,27,29H,3,6-7,10-13H2,1-2H3,(H,25,28)(H2,24,26,30)/p+1. The molecule has 0 saturated heterocycles. The number of nitrogens with zero attached hydrogens (tertiary/aromatic N) is 2. The molecule has 1 heterocycles. The minimum Gasteiger partial charge on any atom is -0.578 e. The van der Waals surface area contributed by atoms with Gasteiger partial charge in [-0.05, 0) is 44.7 Å². The topological polar surface area (TPSA) is 116 Å². The van der Waals surface area contributed by atoms with Crippen molar-refractivity contribution in [3.8, 4) is 0 Å². The minimum absolute atomic E-state index is 0.0405. The molecule has 0 bridgehead atoms. The molecule has 3 unspecified atom stereocenters. The van der Waals surface area contributed by atoms with Gasteiger partial charge in [-0.25, -0.2) is 4.98 Å². The van der Waals surface area contributed by atoms with Crippen LogP contribution in [0.25, 0.3) is 10.9 Å². The molecule has 2 aromatic rings. The second-order valence-corrected chi connectivity index (χ2v) is 8.07. The van der Waals surface area contributed by atoms with Crippen LogP contribution in [-0.4, -0.2) is 51.7 Å². The van der Waals surface area contributed by atoms with Crippen molar-refractivity contribution in [2.75, 3.05) is 11.9 Å². The summed E-state index contributed by atoms with van der Waals surface area (Å²) in [6.07, 6.45) is 5.83. The summed E-state index contributed by atoms with van der Waals surface area (Å²) in [7, 11) is 0. The molecule has 30 heavy (non-hydrogen) atoms. The highest BCUT2D eigenvalue weighted by atomic mass is 16.3. The average Bonchev–Trinajstić information content (AvgIpc) is 2.73. The van der Waals surface area contributed by atoms with E-state index in [2.05, 4.69) is 22.5 Å². The predicted molar refractivity (Wildman–Crippen MR) is 124 cm³/mol. The van der Waals surface area contributed by atoms with Gasteiger partial charge in [0.05, 0.1) is 11.6 Å². The van der Waals surface area contributed by atoms with Crippen LogP contribution in [0.3, 0.4) is 0 Å². The number of aliphatic imine (C=N–C) groups is 1. The van der Waals surface area contributed by atoms with E-state index in [9.17, 15) is 5.11 Å². The van der Waals surface area contributed by atoms with Crippen LogP contribution in [0.5, 0.6) is 0 Å². The zero-order chi connectivity index (χ0) is 21.5. The first kappa shape index (κ1) is 22.2. The smallest absolute Gasteiger partial charge is 0.369 e. The van der Waals surface area contributed by atoms with Crippen LogP contribution in [0.4, 0.5) is 5.82 Å². The number of fused-ring (bicyclic) bond motifs is 1. The van der Waals surface area contributed by atoms with Crippen molar-refractivity contribution in [3.63, 3.8) is 0 Å². The fourth-order valence-corrected chi connectivity index (χ4v) is 4.04. The van der Waals surface area contributed by atoms with Crippen molar-refractivity contribution in [2.24, 2.45) is 4.99 Å². The van der Waals surface area contributed by atoms with Crippen molar-refractivity contribution in [2.45, 2.75) is 70.6 Å². The molecule has 1 saturated carbocycles. The summed E-state index contributed by atoms with van der Waals surface area (Å²) in [4.78, 5) is 8.72. The van der Waals surface area contributed by atoms with Crippen LogP contribution >= 0.6 is 0 Å². The summed E-state index contributed by atoms with van der Waals surface area (Å²) < 4.78 is 0. The number of benzene rings is 1. The quantitative estimate of drug-likeness (QED) is 0.303. The van der Waals surface area contributed by atoms with Gasteiger partial charge < -0.3 is 20.8 Å². The highest BCUT2D eigenvalue weighted by Crippen LogP contribution is 2.22. The number of hydrogen-bond acceptors (Lipinski definition) is 5. The third-order valence-electron chi connectivity index (χ3n) is 5.72. The molecule has 0 amide bonds. The number of para-hydroxylation sites is 1. The van der Waals surface area contributed by atoms with Crippen molar-refractivity contribution >= 4 is 28.5 Å². The second kappa shape index (κ2) is 10.5. The van der Waals surface area contributed by atoms with E-state index >= 15 is 0 Å². The van der Waals surface area contributed by atoms with Crippen LogP contribution in [-0.2, 0) is 0 Å². The van der Waals surface area contributed by atoms with Crippen molar-refractivity contribution in [1.82, 2.24) is 10.3 Å². The molecule has 0 aliphatic heterocycles. The van der Waals surface area contributed by atoms with Crippen LogP contribution in [0.2, 0.25) is 0 Å². The SMILES string of the molecule is CCC(CCNc1nc2ccccc2cc1C([OH2+])=NC(C)=N)NC1CCCCC1O. The van der Waals surface area contributed by atoms with E-state index in [-0.39, 0.29) is 23.9 Å². The highest BCUT2D eigenvalue weighted by molar-refractivity contribution is 6.05. The first-order chi connectivity index (χ1) is 14.5. The Bertz CT molecular complexity index is 898. The lowest BCUT2D eigenvalue weighted by Gasteiger charge is -2.32. The van der Waals surface area contributed by atoms with Gasteiger partial charge in [-0.2, -0.15) is 4.99 Å². The summed E-state index contributed by atoms with van der Waals surface area (Å²) in [6.45, 7) is 4.42. The Morgan fingerprint density at radius 1 is 1.33 bits per heavy atom. The molecule has 1 fully saturated rings. The maximum atomic E-state index is 10.2. The number of aliphatic hydroxyl groups is 1. The molecule has 3 atom stereocenters. The lowest BCUT2D eigenvalue weighted by atomic mass is 9.91. The number of anilines is 1. The second-order valence-electron chi connectivity index (χ2n) is 8.07. The average molecular weight is 413 g/mol. The Morgan fingerprint density at radius 2 is 2.10 bits per heavy atom. The van der Waals surface area contributed by atoms with Gasteiger partial charge in [-0.3, -0.25) is 5.41 Å². The van der Waals surface area contributed by atoms with E-state index in [4.69, 9.17) is 15.5 Å². The molecule has 0 spiro atoms. The first-order valence-electron chi connectivity index (χ1n) is 10.9. The molecule has 1 aliphatic rings. The molecule has 1 aliphatic carbocycles. The minimum atomic E-state index is -0.249. The van der Waals surface area contributed by atoms with E-state index in [1.54, 1.807) is 6.92 Å². The molecule has 1 aromatic carbocycles. The summed E-state index contributed by atoms with van der Waals surface area (Å²) in [5, 5.41) is 34.1. The number of aromatic nitrogens is 1. The first-order valence-corrected chi connectivity index (χ1v) is 10.9. The Morgan fingerprint density at radius 3 is 2.83 bits per heavy atom. The Labute approximate surface area is 178 Å². The molecule has 7 nitrogen and oxygen atoms in total. The van der Waals surface area contributed by atoms with Gasteiger partial charge >= 0.3 is 5.90 Å². The monoisotopic (exact) mass is 412 g/mol. The summed E-state index contributed by atoms with van der Waals surface area (Å²) in [6, 6.07) is 10.2. The van der Waals surface area contributed by atoms with E-state index in [1.807, 2.05) is 30.3 Å². The maximum absolute atomic E-state index is 10.2. The number of amidine groups is 1. The maximum Gasteiger partial charge on any atom is 0.369 e. The fraction of sp³-hybridized carbons (Fsp3) is 0.522. The van der Waals surface area contributed by atoms with E-state index in [0.29, 0.717) is 24.0 Å². The summed E-state index contributed by atoms with van der Waals surface area (Å²) in [5.41, 5.74) is 1.46. The van der Waals surface area contributed by atoms with E-state index < -0.39 is 0 Å². The molecule has 7 heteroatoms.